The third kappa shape index (κ3) is 4.76. The molecule has 1 heterocycles. The normalized spacial score (nSPS) is 17.4. The largest absolute Gasteiger partial charge is 0.497 e. The molecule has 1 N–H and O–H groups in total. The minimum atomic E-state index is -3.55. The molecule has 7 nitrogen and oxygen atoms in total. The maximum absolute atomic E-state index is 13.2. The number of methoxy groups -OCH3 is 2. The summed E-state index contributed by atoms with van der Waals surface area (Å²) in [4.78, 5) is 13.2. The highest BCUT2D eigenvalue weighted by atomic mass is 32.2. The Morgan fingerprint density at radius 3 is 2.19 bits per heavy atom. The zero-order valence-electron chi connectivity index (χ0n) is 18.6. The van der Waals surface area contributed by atoms with Gasteiger partial charge in [-0.15, -0.1) is 0 Å². The smallest absolute Gasteiger partial charge is 0.243 e. The number of benzene rings is 2. The van der Waals surface area contributed by atoms with E-state index in [1.807, 2.05) is 12.1 Å². The van der Waals surface area contributed by atoms with Crippen LogP contribution in [0.3, 0.4) is 0 Å². The first-order valence-electron chi connectivity index (χ1n) is 11.1. The number of nitrogens with zero attached hydrogens (tertiary/aromatic N) is 1. The van der Waals surface area contributed by atoms with E-state index in [2.05, 4.69) is 5.32 Å². The molecule has 1 amide bonds. The van der Waals surface area contributed by atoms with Crippen LogP contribution >= 0.6 is 0 Å². The van der Waals surface area contributed by atoms with Gasteiger partial charge in [0.25, 0.3) is 0 Å². The van der Waals surface area contributed by atoms with Crippen molar-refractivity contribution in [2.24, 2.45) is 5.92 Å². The molecule has 2 aliphatic rings. The summed E-state index contributed by atoms with van der Waals surface area (Å²) in [6.45, 7) is 0.665. The number of sulfonamides is 1. The number of fused-ring (bicyclic) bond motifs is 1. The number of amides is 1. The average molecular weight is 459 g/mol. The van der Waals surface area contributed by atoms with Crippen molar-refractivity contribution in [2.75, 3.05) is 32.6 Å². The van der Waals surface area contributed by atoms with Gasteiger partial charge in [-0.2, -0.15) is 4.31 Å². The number of aryl methyl sites for hydroxylation is 2. The molecule has 0 bridgehead atoms. The van der Waals surface area contributed by atoms with Crippen LogP contribution in [0.5, 0.6) is 11.5 Å². The summed E-state index contributed by atoms with van der Waals surface area (Å²) in [7, 11) is -0.444. The summed E-state index contributed by atoms with van der Waals surface area (Å²) in [6, 6.07) is 10.7. The Morgan fingerprint density at radius 1 is 0.938 bits per heavy atom. The topological polar surface area (TPSA) is 84.9 Å². The number of hydrogen-bond donors (Lipinski definition) is 1. The van der Waals surface area contributed by atoms with Crippen molar-refractivity contribution in [1.29, 1.82) is 0 Å². The number of piperidine rings is 1. The standard InChI is InChI=1S/C24H30N2O5S/c1-30-21-14-20(15-22(16-21)31-2)25-24(27)18-9-11-26(12-10-18)32(28,29)23-8-7-17-5-3-4-6-19(17)13-23/h7-8,13-16,18H,3-6,9-12H2,1-2H3,(H,25,27). The molecule has 172 valence electrons. The van der Waals surface area contributed by atoms with E-state index in [4.69, 9.17) is 9.47 Å². The Hall–Kier alpha value is -2.58. The highest BCUT2D eigenvalue weighted by Crippen LogP contribution is 2.30. The molecule has 0 aromatic heterocycles. The molecule has 0 atom stereocenters. The molecular weight excluding hydrogens is 428 g/mol. The van der Waals surface area contributed by atoms with Gasteiger partial charge in [-0.3, -0.25) is 4.79 Å². The number of hydrogen-bond acceptors (Lipinski definition) is 5. The second kappa shape index (κ2) is 9.50. The monoisotopic (exact) mass is 458 g/mol. The first kappa shape index (κ1) is 22.6. The van der Waals surface area contributed by atoms with Crippen LogP contribution in [-0.4, -0.2) is 45.9 Å². The predicted molar refractivity (Wildman–Crippen MR) is 123 cm³/mol. The second-order valence-corrected chi connectivity index (χ2v) is 10.3. The summed E-state index contributed by atoms with van der Waals surface area (Å²) >= 11 is 0. The minimum Gasteiger partial charge on any atom is -0.497 e. The Labute approximate surface area is 189 Å². The van der Waals surface area contributed by atoms with Crippen LogP contribution in [0.15, 0.2) is 41.3 Å². The van der Waals surface area contributed by atoms with Gasteiger partial charge in [0, 0.05) is 42.9 Å². The molecule has 0 radical (unpaired) electrons. The van der Waals surface area contributed by atoms with Gasteiger partial charge in [0.2, 0.25) is 15.9 Å². The van der Waals surface area contributed by atoms with E-state index < -0.39 is 10.0 Å². The lowest BCUT2D eigenvalue weighted by atomic mass is 9.92. The fraction of sp³-hybridized carbons (Fsp3) is 0.458. The zero-order valence-corrected chi connectivity index (χ0v) is 19.4. The average Bonchev–Trinajstić information content (AvgIpc) is 2.83. The maximum atomic E-state index is 13.2. The highest BCUT2D eigenvalue weighted by Gasteiger charge is 2.32. The van der Waals surface area contributed by atoms with E-state index in [0.717, 1.165) is 31.2 Å². The van der Waals surface area contributed by atoms with E-state index in [9.17, 15) is 13.2 Å². The molecule has 32 heavy (non-hydrogen) atoms. The van der Waals surface area contributed by atoms with Gasteiger partial charge in [-0.1, -0.05) is 6.07 Å². The van der Waals surface area contributed by atoms with Crippen LogP contribution in [0.25, 0.3) is 0 Å². The van der Waals surface area contributed by atoms with Crippen molar-refractivity contribution in [3.8, 4) is 11.5 Å². The molecule has 4 rings (SSSR count). The van der Waals surface area contributed by atoms with Crippen molar-refractivity contribution < 1.29 is 22.7 Å². The molecule has 1 aliphatic heterocycles. The van der Waals surface area contributed by atoms with Crippen LogP contribution in [0.4, 0.5) is 5.69 Å². The fourth-order valence-electron chi connectivity index (χ4n) is 4.50. The Morgan fingerprint density at radius 2 is 1.56 bits per heavy atom. The summed E-state index contributed by atoms with van der Waals surface area (Å²) in [6.07, 6.45) is 5.20. The highest BCUT2D eigenvalue weighted by molar-refractivity contribution is 7.89. The van der Waals surface area contributed by atoms with Crippen molar-refractivity contribution in [3.05, 3.63) is 47.5 Å². The van der Waals surface area contributed by atoms with Gasteiger partial charge >= 0.3 is 0 Å². The van der Waals surface area contributed by atoms with E-state index >= 15 is 0 Å². The van der Waals surface area contributed by atoms with Crippen LogP contribution in [0, 0.1) is 5.92 Å². The van der Waals surface area contributed by atoms with Crippen LogP contribution < -0.4 is 14.8 Å². The molecule has 1 aliphatic carbocycles. The fourth-order valence-corrected chi connectivity index (χ4v) is 6.02. The lowest BCUT2D eigenvalue weighted by Gasteiger charge is -2.31. The van der Waals surface area contributed by atoms with E-state index in [1.54, 1.807) is 38.5 Å². The number of nitrogens with one attached hydrogen (secondary N) is 1. The van der Waals surface area contributed by atoms with Crippen LogP contribution in [0.1, 0.15) is 36.8 Å². The summed E-state index contributed by atoms with van der Waals surface area (Å²) in [5.74, 6) is 0.810. The quantitative estimate of drug-likeness (QED) is 0.715. The number of rotatable bonds is 6. The van der Waals surface area contributed by atoms with Gasteiger partial charge in [-0.05, 0) is 61.8 Å². The molecule has 2 aromatic rings. The van der Waals surface area contributed by atoms with E-state index in [0.29, 0.717) is 48.0 Å². The van der Waals surface area contributed by atoms with Crippen molar-refractivity contribution >= 4 is 21.6 Å². The predicted octanol–water partition coefficient (Wildman–Crippen LogP) is 3.62. The molecule has 0 saturated carbocycles. The Bertz CT molecular complexity index is 1070. The minimum absolute atomic E-state index is 0.119. The first-order valence-corrected chi connectivity index (χ1v) is 12.5. The first-order chi connectivity index (χ1) is 15.4. The van der Waals surface area contributed by atoms with Crippen molar-refractivity contribution in [2.45, 2.75) is 43.4 Å². The number of ether oxygens (including phenoxy) is 2. The third-order valence-corrected chi connectivity index (χ3v) is 8.30. The lowest BCUT2D eigenvalue weighted by molar-refractivity contribution is -0.120. The Balaban J connectivity index is 1.40. The van der Waals surface area contributed by atoms with Gasteiger partial charge < -0.3 is 14.8 Å². The molecular formula is C24H30N2O5S. The van der Waals surface area contributed by atoms with Gasteiger partial charge in [0.1, 0.15) is 11.5 Å². The summed E-state index contributed by atoms with van der Waals surface area (Å²) in [5.41, 5.74) is 3.01. The maximum Gasteiger partial charge on any atom is 0.243 e. The number of anilines is 1. The summed E-state index contributed by atoms with van der Waals surface area (Å²) in [5, 5.41) is 2.91. The van der Waals surface area contributed by atoms with Crippen molar-refractivity contribution in [3.63, 3.8) is 0 Å². The van der Waals surface area contributed by atoms with E-state index in [1.165, 1.54) is 9.87 Å². The SMILES string of the molecule is COc1cc(NC(=O)C2CCN(S(=O)(=O)c3ccc4c(c3)CCCC4)CC2)cc(OC)c1. The van der Waals surface area contributed by atoms with Crippen LogP contribution in [-0.2, 0) is 27.7 Å². The number of carbonyl (C=O) groups excluding carboxylic acids is 1. The zero-order chi connectivity index (χ0) is 22.7. The van der Waals surface area contributed by atoms with Crippen LogP contribution in [0.2, 0.25) is 0 Å². The van der Waals surface area contributed by atoms with E-state index in [-0.39, 0.29) is 11.8 Å². The third-order valence-electron chi connectivity index (χ3n) is 6.40. The molecule has 1 fully saturated rings. The molecule has 1 saturated heterocycles. The van der Waals surface area contributed by atoms with Crippen molar-refractivity contribution in [1.82, 2.24) is 4.31 Å². The van der Waals surface area contributed by atoms with Gasteiger partial charge in [-0.25, -0.2) is 8.42 Å². The lowest BCUT2D eigenvalue weighted by Crippen LogP contribution is -2.41. The Kier molecular flexibility index (Phi) is 6.71. The number of carbonyl (C=O) groups is 1. The molecule has 2 aromatic carbocycles. The van der Waals surface area contributed by atoms with Gasteiger partial charge in [0.15, 0.2) is 0 Å². The molecule has 0 spiro atoms. The molecule has 0 unspecified atom stereocenters. The van der Waals surface area contributed by atoms with Gasteiger partial charge in [0.05, 0.1) is 19.1 Å². The second-order valence-electron chi connectivity index (χ2n) is 8.41. The molecule has 8 heteroatoms. The summed E-state index contributed by atoms with van der Waals surface area (Å²) < 4.78 is 38.4.